The van der Waals surface area contributed by atoms with Gasteiger partial charge in [-0.2, -0.15) is 0 Å². The van der Waals surface area contributed by atoms with Gasteiger partial charge in [0.1, 0.15) is 17.7 Å². The first-order valence-electron chi connectivity index (χ1n) is 12.6. The van der Waals surface area contributed by atoms with E-state index in [9.17, 15) is 23.1 Å². The number of nitrogens with zero attached hydrogens (tertiary/aromatic N) is 3. The van der Waals surface area contributed by atoms with Gasteiger partial charge >= 0.3 is 0 Å². The lowest BCUT2D eigenvalue weighted by atomic mass is 9.94. The number of amides is 2. The molecule has 208 valence electrons. The summed E-state index contributed by atoms with van der Waals surface area (Å²) >= 11 is 0. The van der Waals surface area contributed by atoms with E-state index in [0.717, 1.165) is 22.5 Å². The van der Waals surface area contributed by atoms with Crippen LogP contribution in [0.15, 0.2) is 42.5 Å². The van der Waals surface area contributed by atoms with E-state index in [0.29, 0.717) is 18.9 Å². The monoisotopic (exact) mass is 546 g/mol. The van der Waals surface area contributed by atoms with E-state index in [4.69, 9.17) is 0 Å². The average molecular weight is 547 g/mol. The number of aliphatic hydroxyl groups excluding tert-OH is 1. The first-order valence-corrected chi connectivity index (χ1v) is 14.5. The number of rotatable bonds is 11. The molecule has 12 heteroatoms. The van der Waals surface area contributed by atoms with Crippen LogP contribution in [0.4, 0.5) is 11.6 Å². The molecule has 3 rings (SSSR count). The Hall–Kier alpha value is -3.22. The lowest BCUT2D eigenvalue weighted by Crippen LogP contribution is -2.63. The molecule has 1 aromatic heterocycles. The molecule has 4 N–H and O–H groups in total. The van der Waals surface area contributed by atoms with Crippen molar-refractivity contribution in [1.82, 2.24) is 20.5 Å². The predicted molar refractivity (Wildman–Crippen MR) is 148 cm³/mol. The number of sulfonamides is 1. The normalized spacial score (nSPS) is 18.4. The Bertz CT molecular complexity index is 1230. The smallest absolute Gasteiger partial charge is 0.251 e. The quantitative estimate of drug-likeness (QED) is 0.324. The zero-order valence-electron chi connectivity index (χ0n) is 22.5. The van der Waals surface area contributed by atoms with Crippen molar-refractivity contribution >= 4 is 33.5 Å². The Labute approximate surface area is 224 Å². The first kappa shape index (κ1) is 29.3. The highest BCUT2D eigenvalue weighted by Gasteiger charge is 2.37. The van der Waals surface area contributed by atoms with Crippen molar-refractivity contribution in [1.29, 1.82) is 0 Å². The topological polar surface area (TPSA) is 144 Å². The minimum atomic E-state index is -3.63. The van der Waals surface area contributed by atoms with Crippen molar-refractivity contribution in [3.63, 3.8) is 0 Å². The minimum absolute atomic E-state index is 0.0326. The second-order valence-electron chi connectivity index (χ2n) is 9.74. The van der Waals surface area contributed by atoms with Gasteiger partial charge in [0.15, 0.2) is 0 Å². The van der Waals surface area contributed by atoms with Crippen LogP contribution in [-0.4, -0.2) is 92.9 Å². The van der Waals surface area contributed by atoms with E-state index in [1.165, 1.54) is 13.1 Å². The van der Waals surface area contributed by atoms with Crippen LogP contribution in [0, 0.1) is 0 Å². The third-order valence-electron chi connectivity index (χ3n) is 6.72. The zero-order valence-corrected chi connectivity index (χ0v) is 23.3. The molecule has 38 heavy (non-hydrogen) atoms. The Kier molecular flexibility index (Phi) is 9.69. The van der Waals surface area contributed by atoms with Crippen LogP contribution in [0.1, 0.15) is 36.2 Å². The summed E-state index contributed by atoms with van der Waals surface area (Å²) in [7, 11) is -0.588. The van der Waals surface area contributed by atoms with Gasteiger partial charge < -0.3 is 26.0 Å². The third-order valence-corrected chi connectivity index (χ3v) is 7.91. The fourth-order valence-electron chi connectivity index (χ4n) is 4.11. The summed E-state index contributed by atoms with van der Waals surface area (Å²) in [5.41, 5.74) is 1.04. The maximum atomic E-state index is 13.5. The van der Waals surface area contributed by atoms with Gasteiger partial charge in [0.2, 0.25) is 15.9 Å². The second-order valence-corrected chi connectivity index (χ2v) is 11.7. The van der Waals surface area contributed by atoms with E-state index < -0.39 is 34.1 Å². The summed E-state index contributed by atoms with van der Waals surface area (Å²) in [5, 5.41) is 20.4. The van der Waals surface area contributed by atoms with Gasteiger partial charge in [-0.3, -0.25) is 13.9 Å². The number of carbonyl (C=O) groups excluding carboxylic acids is 2. The van der Waals surface area contributed by atoms with Gasteiger partial charge in [-0.15, -0.1) is 0 Å². The third kappa shape index (κ3) is 7.42. The van der Waals surface area contributed by atoms with E-state index in [-0.39, 0.29) is 29.8 Å². The number of aliphatic hydroxyl groups is 1. The van der Waals surface area contributed by atoms with Crippen molar-refractivity contribution in [2.45, 2.75) is 50.9 Å². The highest BCUT2D eigenvalue weighted by Crippen LogP contribution is 2.21. The maximum absolute atomic E-state index is 13.5. The van der Waals surface area contributed by atoms with Gasteiger partial charge in [0.05, 0.1) is 18.4 Å². The first-order chi connectivity index (χ1) is 17.9. The number of hydrogen-bond donors (Lipinski definition) is 4. The molecular weight excluding hydrogens is 508 g/mol. The molecule has 3 unspecified atom stereocenters. The molecule has 2 heterocycles. The largest absolute Gasteiger partial charge is 0.389 e. The van der Waals surface area contributed by atoms with E-state index in [1.807, 2.05) is 44.2 Å². The Morgan fingerprint density at radius 3 is 2.61 bits per heavy atom. The number of nitrogens with one attached hydrogen (secondary N) is 3. The van der Waals surface area contributed by atoms with Crippen LogP contribution in [-0.2, 0) is 21.2 Å². The summed E-state index contributed by atoms with van der Waals surface area (Å²) < 4.78 is 25.4. The molecule has 0 spiro atoms. The summed E-state index contributed by atoms with van der Waals surface area (Å²) in [6, 6.07) is 10.6. The van der Waals surface area contributed by atoms with Gasteiger partial charge in [0.25, 0.3) is 5.91 Å². The number of carbonyl (C=O) groups is 2. The van der Waals surface area contributed by atoms with Gasteiger partial charge in [-0.05, 0) is 37.5 Å². The fourth-order valence-corrected chi connectivity index (χ4v) is 4.54. The second kappa shape index (κ2) is 12.5. The molecule has 0 saturated carbocycles. The fraction of sp³-hybridized carbons (Fsp3) is 0.500. The van der Waals surface area contributed by atoms with E-state index in [1.54, 1.807) is 18.0 Å². The lowest BCUT2D eigenvalue weighted by Gasteiger charge is -2.36. The SMILES string of the molecule is CC[C@H](C)Nc1cc(C(=O)NC(Cc2ccccc2)C(O)C2NCCN(C)C2=O)cc(N(C)S(C)(=O)=O)n1. The van der Waals surface area contributed by atoms with Crippen molar-refractivity contribution in [3.05, 3.63) is 53.6 Å². The summed E-state index contributed by atoms with van der Waals surface area (Å²) in [4.78, 5) is 32.3. The molecule has 1 aliphatic rings. The number of anilines is 2. The predicted octanol–water partition coefficient (Wildman–Crippen LogP) is 0.820. The van der Waals surface area contributed by atoms with Gasteiger partial charge in [0, 0.05) is 38.8 Å². The minimum Gasteiger partial charge on any atom is -0.389 e. The molecule has 1 aliphatic heterocycles. The van der Waals surface area contributed by atoms with Crippen LogP contribution < -0.4 is 20.3 Å². The molecule has 0 aliphatic carbocycles. The van der Waals surface area contributed by atoms with Crippen molar-refractivity contribution < 1.29 is 23.1 Å². The summed E-state index contributed by atoms with van der Waals surface area (Å²) in [5.74, 6) is -0.350. The Morgan fingerprint density at radius 1 is 1.29 bits per heavy atom. The number of piperazine rings is 1. The maximum Gasteiger partial charge on any atom is 0.251 e. The molecule has 0 bridgehead atoms. The molecule has 11 nitrogen and oxygen atoms in total. The van der Waals surface area contributed by atoms with Crippen molar-refractivity contribution in [3.8, 4) is 0 Å². The highest BCUT2D eigenvalue weighted by atomic mass is 32.2. The van der Waals surface area contributed by atoms with Crippen LogP contribution in [0.5, 0.6) is 0 Å². The number of benzene rings is 1. The van der Waals surface area contributed by atoms with Gasteiger partial charge in [-0.25, -0.2) is 13.4 Å². The van der Waals surface area contributed by atoms with Crippen LogP contribution in [0.2, 0.25) is 0 Å². The molecular formula is C26H38N6O5S. The Balaban J connectivity index is 1.95. The molecule has 4 atom stereocenters. The number of aromatic nitrogens is 1. The molecule has 0 radical (unpaired) electrons. The molecule has 2 aromatic rings. The van der Waals surface area contributed by atoms with Crippen molar-refractivity contribution in [2.75, 3.05) is 43.1 Å². The van der Waals surface area contributed by atoms with E-state index in [2.05, 4.69) is 20.9 Å². The lowest BCUT2D eigenvalue weighted by molar-refractivity contribution is -0.138. The number of pyridine rings is 1. The standard InChI is InChI=1S/C26H38N6O5S/c1-6-17(2)28-21-15-19(16-22(30-21)32(4)38(5,36)37)25(34)29-20(14-18-10-8-7-9-11-18)24(33)23-26(35)31(3)13-12-27-23/h7-11,15-17,20,23-24,27,33H,6,12-14H2,1-5H3,(H,28,30)(H,29,34)/t17-,20?,23?,24?/m0/s1. The summed E-state index contributed by atoms with van der Waals surface area (Å²) in [6.45, 7) is 4.99. The Morgan fingerprint density at radius 2 is 1.97 bits per heavy atom. The number of likely N-dealkylation sites (N-methyl/N-ethyl adjacent to an activating group) is 1. The van der Waals surface area contributed by atoms with E-state index >= 15 is 0 Å². The summed E-state index contributed by atoms with van der Waals surface area (Å²) in [6.07, 6.45) is 0.910. The van der Waals surface area contributed by atoms with Crippen molar-refractivity contribution in [2.24, 2.45) is 0 Å². The van der Waals surface area contributed by atoms with Crippen LogP contribution >= 0.6 is 0 Å². The zero-order chi connectivity index (χ0) is 28.0. The molecule has 1 saturated heterocycles. The average Bonchev–Trinajstić information content (AvgIpc) is 2.88. The van der Waals surface area contributed by atoms with Crippen LogP contribution in [0.25, 0.3) is 0 Å². The number of hydrogen-bond acceptors (Lipinski definition) is 8. The van der Waals surface area contributed by atoms with Crippen LogP contribution in [0.3, 0.4) is 0 Å². The molecule has 2 amide bonds. The highest BCUT2D eigenvalue weighted by molar-refractivity contribution is 7.92. The molecule has 1 aromatic carbocycles. The molecule has 1 fully saturated rings. The van der Waals surface area contributed by atoms with Gasteiger partial charge in [-0.1, -0.05) is 37.3 Å².